The van der Waals surface area contributed by atoms with Crippen LogP contribution in [0.15, 0.2) is 34.9 Å². The van der Waals surface area contributed by atoms with Crippen LogP contribution in [0.4, 0.5) is 4.39 Å². The summed E-state index contributed by atoms with van der Waals surface area (Å²) >= 11 is 0. The summed E-state index contributed by atoms with van der Waals surface area (Å²) in [6.07, 6.45) is 0.889. The van der Waals surface area contributed by atoms with E-state index in [9.17, 15) is 4.39 Å². The smallest absolute Gasteiger partial charge is 0.133 e. The van der Waals surface area contributed by atoms with Crippen LogP contribution in [0, 0.1) is 12.7 Å². The SMILES string of the molecule is CCC(NCc1cc(C)on1)c1cccc(F)c1. The molecule has 0 aliphatic rings. The predicted molar refractivity (Wildman–Crippen MR) is 67.5 cm³/mol. The lowest BCUT2D eigenvalue weighted by molar-refractivity contribution is 0.385. The molecule has 1 N–H and O–H groups in total. The summed E-state index contributed by atoms with van der Waals surface area (Å²) in [5.41, 5.74) is 1.82. The van der Waals surface area contributed by atoms with Crippen molar-refractivity contribution in [3.63, 3.8) is 0 Å². The number of rotatable bonds is 5. The quantitative estimate of drug-likeness (QED) is 0.881. The molecule has 2 aromatic rings. The lowest BCUT2D eigenvalue weighted by atomic mass is 10.0. The van der Waals surface area contributed by atoms with Crippen LogP contribution in [-0.2, 0) is 6.54 Å². The molecule has 0 bridgehead atoms. The Morgan fingerprint density at radius 2 is 2.22 bits per heavy atom. The van der Waals surface area contributed by atoms with E-state index < -0.39 is 0 Å². The predicted octanol–water partition coefficient (Wildman–Crippen LogP) is 3.36. The molecule has 1 aromatic heterocycles. The molecular formula is C14H17FN2O. The van der Waals surface area contributed by atoms with Gasteiger partial charge >= 0.3 is 0 Å². The highest BCUT2D eigenvalue weighted by molar-refractivity contribution is 5.20. The molecule has 18 heavy (non-hydrogen) atoms. The van der Waals surface area contributed by atoms with Crippen molar-refractivity contribution in [3.05, 3.63) is 53.2 Å². The third-order valence-electron chi connectivity index (χ3n) is 2.87. The van der Waals surface area contributed by atoms with Crippen LogP contribution in [0.1, 0.15) is 36.4 Å². The van der Waals surface area contributed by atoms with Crippen LogP contribution in [0.3, 0.4) is 0 Å². The highest BCUT2D eigenvalue weighted by Crippen LogP contribution is 2.18. The fourth-order valence-corrected chi connectivity index (χ4v) is 1.95. The number of benzene rings is 1. The van der Waals surface area contributed by atoms with Gasteiger partial charge in [0.2, 0.25) is 0 Å². The van der Waals surface area contributed by atoms with Gasteiger partial charge in [0.05, 0.1) is 5.69 Å². The molecule has 0 saturated heterocycles. The molecule has 96 valence electrons. The van der Waals surface area contributed by atoms with Crippen LogP contribution in [0.25, 0.3) is 0 Å². The average molecular weight is 248 g/mol. The Labute approximate surface area is 106 Å². The number of hydrogen-bond acceptors (Lipinski definition) is 3. The third kappa shape index (κ3) is 3.17. The molecule has 0 radical (unpaired) electrons. The van der Waals surface area contributed by atoms with Gasteiger partial charge in [-0.2, -0.15) is 0 Å². The van der Waals surface area contributed by atoms with Crippen molar-refractivity contribution < 1.29 is 8.91 Å². The normalized spacial score (nSPS) is 12.6. The molecule has 0 aliphatic heterocycles. The van der Waals surface area contributed by atoms with E-state index >= 15 is 0 Å². The zero-order chi connectivity index (χ0) is 13.0. The van der Waals surface area contributed by atoms with E-state index in [2.05, 4.69) is 17.4 Å². The van der Waals surface area contributed by atoms with Crippen LogP contribution in [-0.4, -0.2) is 5.16 Å². The molecule has 1 heterocycles. The average Bonchev–Trinajstić information content (AvgIpc) is 2.76. The maximum atomic E-state index is 13.2. The van der Waals surface area contributed by atoms with E-state index in [4.69, 9.17) is 4.52 Å². The Hall–Kier alpha value is -1.68. The van der Waals surface area contributed by atoms with Gasteiger partial charge in [-0.25, -0.2) is 4.39 Å². The van der Waals surface area contributed by atoms with E-state index in [1.807, 2.05) is 19.1 Å². The molecule has 0 amide bonds. The zero-order valence-corrected chi connectivity index (χ0v) is 10.6. The van der Waals surface area contributed by atoms with Crippen molar-refractivity contribution in [3.8, 4) is 0 Å². The summed E-state index contributed by atoms with van der Waals surface area (Å²) in [5.74, 6) is 0.593. The minimum atomic E-state index is -0.204. The van der Waals surface area contributed by atoms with Gasteiger partial charge in [0.1, 0.15) is 11.6 Å². The number of aryl methyl sites for hydroxylation is 1. The second-order valence-electron chi connectivity index (χ2n) is 4.33. The van der Waals surface area contributed by atoms with E-state index in [-0.39, 0.29) is 11.9 Å². The minimum absolute atomic E-state index is 0.123. The Balaban J connectivity index is 2.01. The molecule has 0 aliphatic carbocycles. The van der Waals surface area contributed by atoms with Crippen LogP contribution in [0.5, 0.6) is 0 Å². The molecule has 0 saturated carbocycles. The summed E-state index contributed by atoms with van der Waals surface area (Å²) in [7, 11) is 0. The molecule has 3 nitrogen and oxygen atoms in total. The van der Waals surface area contributed by atoms with Gasteiger partial charge in [0.15, 0.2) is 0 Å². The number of nitrogens with zero attached hydrogens (tertiary/aromatic N) is 1. The Morgan fingerprint density at radius 3 is 2.83 bits per heavy atom. The monoisotopic (exact) mass is 248 g/mol. The fourth-order valence-electron chi connectivity index (χ4n) is 1.95. The van der Waals surface area contributed by atoms with Crippen molar-refractivity contribution in [2.24, 2.45) is 0 Å². The van der Waals surface area contributed by atoms with Crippen molar-refractivity contribution in [1.29, 1.82) is 0 Å². The number of halogens is 1. The van der Waals surface area contributed by atoms with Gasteiger partial charge in [0, 0.05) is 18.7 Å². The minimum Gasteiger partial charge on any atom is -0.361 e. The van der Waals surface area contributed by atoms with Gasteiger partial charge in [-0.1, -0.05) is 24.2 Å². The van der Waals surface area contributed by atoms with Crippen molar-refractivity contribution in [2.75, 3.05) is 0 Å². The molecule has 1 atom stereocenters. The first-order valence-electron chi connectivity index (χ1n) is 6.10. The molecule has 2 rings (SSSR count). The molecule has 1 aromatic carbocycles. The second-order valence-corrected chi connectivity index (χ2v) is 4.33. The van der Waals surface area contributed by atoms with E-state index in [1.54, 1.807) is 12.1 Å². The van der Waals surface area contributed by atoms with Crippen molar-refractivity contribution in [2.45, 2.75) is 32.9 Å². The highest BCUT2D eigenvalue weighted by atomic mass is 19.1. The van der Waals surface area contributed by atoms with E-state index in [0.717, 1.165) is 23.4 Å². The van der Waals surface area contributed by atoms with E-state index in [0.29, 0.717) is 6.54 Å². The van der Waals surface area contributed by atoms with Crippen LogP contribution in [0.2, 0.25) is 0 Å². The van der Waals surface area contributed by atoms with Gasteiger partial charge in [-0.3, -0.25) is 0 Å². The first-order chi connectivity index (χ1) is 8.69. The maximum Gasteiger partial charge on any atom is 0.133 e. The standard InChI is InChI=1S/C14H17FN2O/c1-3-14(11-5-4-6-12(15)8-11)16-9-13-7-10(2)18-17-13/h4-8,14,16H,3,9H2,1-2H3. The Morgan fingerprint density at radius 1 is 1.39 bits per heavy atom. The van der Waals surface area contributed by atoms with Crippen molar-refractivity contribution >= 4 is 0 Å². The number of aromatic nitrogens is 1. The van der Waals surface area contributed by atoms with Gasteiger partial charge in [-0.15, -0.1) is 0 Å². The first-order valence-corrected chi connectivity index (χ1v) is 6.10. The molecule has 0 spiro atoms. The Bertz CT molecular complexity index is 510. The van der Waals surface area contributed by atoms with Gasteiger partial charge in [-0.05, 0) is 31.0 Å². The maximum absolute atomic E-state index is 13.2. The third-order valence-corrected chi connectivity index (χ3v) is 2.87. The largest absolute Gasteiger partial charge is 0.361 e. The van der Waals surface area contributed by atoms with Crippen molar-refractivity contribution in [1.82, 2.24) is 10.5 Å². The molecule has 0 fully saturated rings. The fraction of sp³-hybridized carbons (Fsp3) is 0.357. The number of hydrogen-bond donors (Lipinski definition) is 1. The zero-order valence-electron chi connectivity index (χ0n) is 10.6. The first kappa shape index (κ1) is 12.8. The summed E-state index contributed by atoms with van der Waals surface area (Å²) in [5, 5.41) is 7.28. The second kappa shape index (κ2) is 5.78. The summed E-state index contributed by atoms with van der Waals surface area (Å²) in [6, 6.07) is 8.70. The molecule has 1 unspecified atom stereocenters. The van der Waals surface area contributed by atoms with Gasteiger partial charge < -0.3 is 9.84 Å². The summed E-state index contributed by atoms with van der Waals surface area (Å²) in [4.78, 5) is 0. The summed E-state index contributed by atoms with van der Waals surface area (Å²) < 4.78 is 18.2. The molecular weight excluding hydrogens is 231 g/mol. The van der Waals surface area contributed by atoms with Crippen LogP contribution >= 0.6 is 0 Å². The Kier molecular flexibility index (Phi) is 4.10. The summed E-state index contributed by atoms with van der Waals surface area (Å²) in [6.45, 7) is 4.54. The van der Waals surface area contributed by atoms with E-state index in [1.165, 1.54) is 6.07 Å². The molecule has 4 heteroatoms. The lowest BCUT2D eigenvalue weighted by Gasteiger charge is -2.16. The lowest BCUT2D eigenvalue weighted by Crippen LogP contribution is -2.20. The van der Waals surface area contributed by atoms with Crippen LogP contribution < -0.4 is 5.32 Å². The number of nitrogens with one attached hydrogen (secondary N) is 1. The van der Waals surface area contributed by atoms with Gasteiger partial charge in [0.25, 0.3) is 0 Å². The topological polar surface area (TPSA) is 38.1 Å². The highest BCUT2D eigenvalue weighted by Gasteiger charge is 2.10.